The summed E-state index contributed by atoms with van der Waals surface area (Å²) in [5.41, 5.74) is 0.496. The number of amides is 1. The van der Waals surface area contributed by atoms with E-state index < -0.39 is 10.0 Å². The molecule has 1 aromatic carbocycles. The van der Waals surface area contributed by atoms with Gasteiger partial charge in [-0.15, -0.1) is 10.2 Å². The molecule has 0 bridgehead atoms. The van der Waals surface area contributed by atoms with Crippen molar-refractivity contribution in [2.75, 3.05) is 59.0 Å². The third-order valence-electron chi connectivity index (χ3n) is 5.58. The van der Waals surface area contributed by atoms with Crippen molar-refractivity contribution in [1.82, 2.24) is 24.3 Å². The Labute approximate surface area is 181 Å². The Morgan fingerprint density at radius 2 is 1.68 bits per heavy atom. The highest BCUT2D eigenvalue weighted by atomic mass is 32.2. The van der Waals surface area contributed by atoms with Gasteiger partial charge in [-0.3, -0.25) is 9.69 Å². The molecule has 2 aliphatic heterocycles. The molecule has 4 rings (SSSR count). The number of benzene rings is 1. The highest BCUT2D eigenvalue weighted by Gasteiger charge is 2.27. The van der Waals surface area contributed by atoms with Gasteiger partial charge in [-0.2, -0.15) is 4.31 Å². The monoisotopic (exact) mass is 449 g/mol. The first-order chi connectivity index (χ1) is 14.9. The van der Waals surface area contributed by atoms with E-state index in [9.17, 15) is 13.2 Å². The summed E-state index contributed by atoms with van der Waals surface area (Å²) in [5, 5.41) is 7.84. The summed E-state index contributed by atoms with van der Waals surface area (Å²) in [6.07, 6.45) is 0.688. The number of aromatic nitrogens is 2. The van der Waals surface area contributed by atoms with Gasteiger partial charge in [0.2, 0.25) is 21.8 Å². The zero-order valence-electron chi connectivity index (χ0n) is 17.6. The minimum absolute atomic E-state index is 0.0810. The number of aryl methyl sites for hydroxylation is 1. The second kappa shape index (κ2) is 9.43. The lowest BCUT2D eigenvalue weighted by molar-refractivity contribution is 0.0636. The van der Waals surface area contributed by atoms with E-state index in [1.807, 2.05) is 0 Å². The lowest BCUT2D eigenvalue weighted by atomic mass is 10.2. The molecule has 2 aliphatic rings. The predicted molar refractivity (Wildman–Crippen MR) is 111 cm³/mol. The molecule has 0 saturated carbocycles. The molecule has 0 spiro atoms. The largest absolute Gasteiger partial charge is 0.426 e. The van der Waals surface area contributed by atoms with Gasteiger partial charge in [-0.25, -0.2) is 8.42 Å². The number of piperazine rings is 1. The van der Waals surface area contributed by atoms with Crippen molar-refractivity contribution >= 4 is 15.9 Å². The van der Waals surface area contributed by atoms with Gasteiger partial charge >= 0.3 is 0 Å². The SMILES string of the molecule is Cc1nnc(CCN2CCN(C(=O)c3ccc(S(=O)(=O)N4CCOCC4)cc3)CC2)o1. The molecule has 2 fully saturated rings. The Morgan fingerprint density at radius 3 is 2.29 bits per heavy atom. The molecule has 31 heavy (non-hydrogen) atoms. The van der Waals surface area contributed by atoms with Crippen LogP contribution in [0.4, 0.5) is 0 Å². The maximum absolute atomic E-state index is 12.8. The summed E-state index contributed by atoms with van der Waals surface area (Å²) in [7, 11) is -3.56. The molecule has 2 aromatic rings. The third kappa shape index (κ3) is 5.12. The van der Waals surface area contributed by atoms with Crippen LogP contribution in [0, 0.1) is 6.92 Å². The first-order valence-corrected chi connectivity index (χ1v) is 11.9. The van der Waals surface area contributed by atoms with Crippen LogP contribution in [-0.4, -0.2) is 97.7 Å². The molecule has 0 N–H and O–H groups in total. The lowest BCUT2D eigenvalue weighted by Gasteiger charge is -2.34. The van der Waals surface area contributed by atoms with E-state index >= 15 is 0 Å². The number of hydrogen-bond donors (Lipinski definition) is 0. The molecule has 0 atom stereocenters. The van der Waals surface area contributed by atoms with Crippen molar-refractivity contribution in [2.45, 2.75) is 18.2 Å². The van der Waals surface area contributed by atoms with Crippen LogP contribution in [0.5, 0.6) is 0 Å². The number of sulfonamides is 1. The molecular weight excluding hydrogens is 422 g/mol. The predicted octanol–water partition coefficient (Wildman–Crippen LogP) is 0.399. The summed E-state index contributed by atoms with van der Waals surface area (Å²) in [4.78, 5) is 17.1. The Morgan fingerprint density at radius 1 is 1.00 bits per heavy atom. The van der Waals surface area contributed by atoms with Gasteiger partial charge in [0.25, 0.3) is 5.91 Å². The topological polar surface area (TPSA) is 109 Å². The summed E-state index contributed by atoms with van der Waals surface area (Å²) in [6, 6.07) is 6.22. The second-order valence-electron chi connectivity index (χ2n) is 7.64. The van der Waals surface area contributed by atoms with Crippen LogP contribution in [0.15, 0.2) is 33.6 Å². The van der Waals surface area contributed by atoms with E-state index in [-0.39, 0.29) is 10.8 Å². The second-order valence-corrected chi connectivity index (χ2v) is 9.58. The van der Waals surface area contributed by atoms with Gasteiger partial charge in [0.15, 0.2) is 0 Å². The minimum Gasteiger partial charge on any atom is -0.426 e. The fourth-order valence-electron chi connectivity index (χ4n) is 3.75. The summed E-state index contributed by atoms with van der Waals surface area (Å²) >= 11 is 0. The van der Waals surface area contributed by atoms with Crippen LogP contribution in [0.2, 0.25) is 0 Å². The van der Waals surface area contributed by atoms with Crippen LogP contribution < -0.4 is 0 Å². The minimum atomic E-state index is -3.56. The van der Waals surface area contributed by atoms with Crippen molar-refractivity contribution < 1.29 is 22.4 Å². The van der Waals surface area contributed by atoms with E-state index in [0.717, 1.165) is 19.6 Å². The van der Waals surface area contributed by atoms with Gasteiger partial charge in [0.1, 0.15) is 0 Å². The van der Waals surface area contributed by atoms with E-state index in [1.165, 1.54) is 16.4 Å². The number of hydrogen-bond acceptors (Lipinski definition) is 8. The molecule has 3 heterocycles. The van der Waals surface area contributed by atoms with E-state index in [4.69, 9.17) is 9.15 Å². The number of nitrogens with zero attached hydrogens (tertiary/aromatic N) is 5. The first kappa shape index (κ1) is 21.9. The molecule has 0 unspecified atom stereocenters. The lowest BCUT2D eigenvalue weighted by Crippen LogP contribution is -2.49. The fourth-order valence-corrected chi connectivity index (χ4v) is 5.16. The summed E-state index contributed by atoms with van der Waals surface area (Å²) < 4.78 is 37.5. The third-order valence-corrected chi connectivity index (χ3v) is 7.49. The smallest absolute Gasteiger partial charge is 0.253 e. The average Bonchev–Trinajstić information content (AvgIpc) is 3.23. The molecule has 1 amide bonds. The number of carbonyl (C=O) groups is 1. The van der Waals surface area contributed by atoms with E-state index in [0.29, 0.717) is 63.2 Å². The van der Waals surface area contributed by atoms with Crippen molar-refractivity contribution in [1.29, 1.82) is 0 Å². The Bertz CT molecular complexity index is 993. The normalized spacial score (nSPS) is 18.9. The van der Waals surface area contributed by atoms with E-state index in [1.54, 1.807) is 24.0 Å². The van der Waals surface area contributed by atoms with Gasteiger partial charge < -0.3 is 14.1 Å². The Balaban J connectivity index is 1.30. The molecule has 11 heteroatoms. The molecule has 10 nitrogen and oxygen atoms in total. The number of ether oxygens (including phenoxy) is 1. The van der Waals surface area contributed by atoms with Crippen molar-refractivity contribution in [3.05, 3.63) is 41.6 Å². The summed E-state index contributed by atoms with van der Waals surface area (Å²) in [6.45, 7) is 6.84. The Hall–Kier alpha value is -2.34. The standard InChI is InChI=1S/C20H27N5O5S/c1-16-21-22-19(30-16)6-7-23-8-10-24(11-9-23)20(26)17-2-4-18(5-3-17)31(27,28)25-12-14-29-15-13-25/h2-5H,6-15H2,1H3. The Kier molecular flexibility index (Phi) is 6.65. The molecular formula is C20H27N5O5S. The van der Waals surface area contributed by atoms with Crippen molar-refractivity contribution in [3.8, 4) is 0 Å². The van der Waals surface area contributed by atoms with Crippen LogP contribution in [0.3, 0.4) is 0 Å². The van der Waals surface area contributed by atoms with Crippen LogP contribution in [0.1, 0.15) is 22.1 Å². The highest BCUT2D eigenvalue weighted by Crippen LogP contribution is 2.19. The molecule has 168 valence electrons. The molecule has 2 saturated heterocycles. The zero-order chi connectivity index (χ0) is 21.8. The maximum atomic E-state index is 12.8. The number of rotatable bonds is 6. The van der Waals surface area contributed by atoms with Gasteiger partial charge in [0, 0.05) is 64.7 Å². The fraction of sp³-hybridized carbons (Fsp3) is 0.550. The quantitative estimate of drug-likeness (QED) is 0.623. The molecule has 1 aromatic heterocycles. The van der Waals surface area contributed by atoms with Crippen molar-refractivity contribution in [2.24, 2.45) is 0 Å². The molecule has 0 radical (unpaired) electrons. The average molecular weight is 450 g/mol. The highest BCUT2D eigenvalue weighted by molar-refractivity contribution is 7.89. The number of morpholine rings is 1. The van der Waals surface area contributed by atoms with Gasteiger partial charge in [-0.1, -0.05) is 0 Å². The van der Waals surface area contributed by atoms with E-state index in [2.05, 4.69) is 15.1 Å². The van der Waals surface area contributed by atoms with Crippen LogP contribution in [-0.2, 0) is 21.2 Å². The first-order valence-electron chi connectivity index (χ1n) is 10.4. The zero-order valence-corrected chi connectivity index (χ0v) is 18.4. The number of carbonyl (C=O) groups excluding carboxylic acids is 1. The van der Waals surface area contributed by atoms with Gasteiger partial charge in [-0.05, 0) is 24.3 Å². The van der Waals surface area contributed by atoms with Gasteiger partial charge in [0.05, 0.1) is 18.1 Å². The summed E-state index contributed by atoms with van der Waals surface area (Å²) in [5.74, 6) is 1.11. The van der Waals surface area contributed by atoms with Crippen LogP contribution in [0.25, 0.3) is 0 Å². The molecule has 0 aliphatic carbocycles. The van der Waals surface area contributed by atoms with Crippen molar-refractivity contribution in [3.63, 3.8) is 0 Å². The maximum Gasteiger partial charge on any atom is 0.253 e. The van der Waals surface area contributed by atoms with Crippen LogP contribution >= 0.6 is 0 Å².